The van der Waals surface area contributed by atoms with E-state index in [0.717, 1.165) is 0 Å². The van der Waals surface area contributed by atoms with Crippen LogP contribution in [0.3, 0.4) is 0 Å². The number of hydrazone groups is 2. The van der Waals surface area contributed by atoms with Crippen molar-refractivity contribution in [1.29, 1.82) is 0 Å². The van der Waals surface area contributed by atoms with E-state index in [9.17, 15) is 19.8 Å². The van der Waals surface area contributed by atoms with E-state index in [1.807, 2.05) is 0 Å². The predicted molar refractivity (Wildman–Crippen MR) is 115 cm³/mol. The number of hydrogen-bond donors (Lipinski definition) is 4. The third-order valence-corrected chi connectivity index (χ3v) is 4.02. The van der Waals surface area contributed by atoms with Crippen LogP contribution < -0.4 is 20.3 Å². The molecule has 10 nitrogen and oxygen atoms in total. The molecule has 0 saturated carbocycles. The number of nitrogens with one attached hydrogen (secondary N) is 2. The van der Waals surface area contributed by atoms with Crippen LogP contribution in [-0.4, -0.2) is 48.7 Å². The highest BCUT2D eigenvalue weighted by molar-refractivity contribution is 5.84. The van der Waals surface area contributed by atoms with Crippen molar-refractivity contribution in [2.45, 2.75) is 19.3 Å². The smallest absolute Gasteiger partial charge is 0.240 e. The molecule has 0 radical (unpaired) electrons. The van der Waals surface area contributed by atoms with Gasteiger partial charge in [-0.2, -0.15) is 10.2 Å². The van der Waals surface area contributed by atoms with Crippen LogP contribution in [-0.2, 0) is 9.59 Å². The minimum atomic E-state index is -0.348. The molecule has 2 rings (SSSR count). The number of phenolic OH excluding ortho intramolecular Hbond substituents is 2. The molecule has 0 bridgehead atoms. The Morgan fingerprint density at radius 2 is 1.26 bits per heavy atom. The van der Waals surface area contributed by atoms with Crippen molar-refractivity contribution in [3.05, 3.63) is 47.5 Å². The molecule has 0 aliphatic carbocycles. The number of ether oxygens (including phenoxy) is 2. The third kappa shape index (κ3) is 7.69. The van der Waals surface area contributed by atoms with Gasteiger partial charge in [-0.1, -0.05) is 0 Å². The second kappa shape index (κ2) is 11.8. The highest BCUT2D eigenvalue weighted by atomic mass is 16.5. The van der Waals surface area contributed by atoms with Crippen LogP contribution in [0.5, 0.6) is 23.0 Å². The fourth-order valence-electron chi connectivity index (χ4n) is 2.45. The Balaban J connectivity index is 1.67. The fourth-order valence-corrected chi connectivity index (χ4v) is 2.45. The number of carbonyl (C=O) groups excluding carboxylic acids is 2. The molecule has 164 valence electrons. The highest BCUT2D eigenvalue weighted by Gasteiger charge is 2.05. The van der Waals surface area contributed by atoms with Gasteiger partial charge in [0.1, 0.15) is 0 Å². The molecular formula is C21H24N4O6. The lowest BCUT2D eigenvalue weighted by atomic mass is 10.2. The monoisotopic (exact) mass is 428 g/mol. The molecular weight excluding hydrogens is 404 g/mol. The number of amides is 2. The molecule has 0 aromatic heterocycles. The van der Waals surface area contributed by atoms with Gasteiger partial charge in [0.05, 0.1) is 26.6 Å². The molecule has 0 unspecified atom stereocenters. The van der Waals surface area contributed by atoms with Crippen LogP contribution in [0, 0.1) is 0 Å². The summed E-state index contributed by atoms with van der Waals surface area (Å²) in [5, 5.41) is 27.0. The Labute approximate surface area is 179 Å². The van der Waals surface area contributed by atoms with E-state index < -0.39 is 0 Å². The number of phenols is 2. The lowest BCUT2D eigenvalue weighted by molar-refractivity contribution is -0.122. The Morgan fingerprint density at radius 3 is 1.61 bits per heavy atom. The molecule has 0 fully saturated rings. The molecule has 0 aliphatic rings. The Hall–Kier alpha value is -4.08. The summed E-state index contributed by atoms with van der Waals surface area (Å²) in [7, 11) is 2.89. The summed E-state index contributed by atoms with van der Waals surface area (Å²) in [6.07, 6.45) is 3.30. The summed E-state index contributed by atoms with van der Waals surface area (Å²) < 4.78 is 9.89. The van der Waals surface area contributed by atoms with Gasteiger partial charge in [0.2, 0.25) is 11.8 Å². The Morgan fingerprint density at radius 1 is 0.839 bits per heavy atom. The van der Waals surface area contributed by atoms with Gasteiger partial charge in [0, 0.05) is 12.8 Å². The molecule has 2 aromatic carbocycles. The van der Waals surface area contributed by atoms with Crippen molar-refractivity contribution in [2.24, 2.45) is 10.2 Å². The van der Waals surface area contributed by atoms with Crippen molar-refractivity contribution in [1.82, 2.24) is 10.9 Å². The van der Waals surface area contributed by atoms with Crippen molar-refractivity contribution in [3.8, 4) is 23.0 Å². The molecule has 10 heteroatoms. The minimum Gasteiger partial charge on any atom is -0.504 e. The number of rotatable bonds is 10. The topological polar surface area (TPSA) is 142 Å². The summed E-state index contributed by atoms with van der Waals surface area (Å²) in [4.78, 5) is 23.6. The van der Waals surface area contributed by atoms with Crippen LogP contribution in [0.4, 0.5) is 0 Å². The molecule has 0 atom stereocenters. The first-order valence-electron chi connectivity index (χ1n) is 9.30. The van der Waals surface area contributed by atoms with Gasteiger partial charge in [-0.05, 0) is 53.9 Å². The summed E-state index contributed by atoms with van der Waals surface area (Å²) >= 11 is 0. The van der Waals surface area contributed by atoms with Crippen LogP contribution in [0.25, 0.3) is 0 Å². The van der Waals surface area contributed by atoms with Gasteiger partial charge in [-0.3, -0.25) is 9.59 Å². The van der Waals surface area contributed by atoms with Gasteiger partial charge >= 0.3 is 0 Å². The van der Waals surface area contributed by atoms with Gasteiger partial charge in [-0.15, -0.1) is 0 Å². The van der Waals surface area contributed by atoms with E-state index in [1.165, 1.54) is 38.8 Å². The molecule has 4 N–H and O–H groups in total. The minimum absolute atomic E-state index is 0.0322. The molecule has 0 saturated heterocycles. The lowest BCUT2D eigenvalue weighted by Gasteiger charge is -2.03. The number of methoxy groups -OCH3 is 2. The average molecular weight is 428 g/mol. The zero-order chi connectivity index (χ0) is 22.6. The molecule has 2 aromatic rings. The zero-order valence-corrected chi connectivity index (χ0v) is 17.2. The van der Waals surface area contributed by atoms with Crippen LogP contribution in [0.1, 0.15) is 30.4 Å². The first-order chi connectivity index (χ1) is 14.9. The van der Waals surface area contributed by atoms with E-state index in [2.05, 4.69) is 21.1 Å². The largest absolute Gasteiger partial charge is 0.504 e. The summed E-state index contributed by atoms with van der Waals surface area (Å²) in [6, 6.07) is 9.41. The normalized spacial score (nSPS) is 10.9. The highest BCUT2D eigenvalue weighted by Crippen LogP contribution is 2.26. The molecule has 31 heavy (non-hydrogen) atoms. The van der Waals surface area contributed by atoms with Gasteiger partial charge in [0.15, 0.2) is 23.0 Å². The first-order valence-corrected chi connectivity index (χ1v) is 9.30. The molecule has 2 amide bonds. The van der Waals surface area contributed by atoms with Crippen molar-refractivity contribution in [3.63, 3.8) is 0 Å². The van der Waals surface area contributed by atoms with Gasteiger partial charge in [-0.25, -0.2) is 10.9 Å². The van der Waals surface area contributed by atoms with Crippen LogP contribution in [0.15, 0.2) is 46.6 Å². The Bertz CT molecular complexity index is 897. The maximum atomic E-state index is 11.8. The fraction of sp³-hybridized carbons (Fsp3) is 0.238. The summed E-state index contributed by atoms with van der Waals surface area (Å²) in [5.74, 6) is -0.0830. The predicted octanol–water partition coefficient (Wildman–Crippen LogP) is 1.89. The van der Waals surface area contributed by atoms with E-state index in [-0.39, 0.29) is 36.2 Å². The zero-order valence-electron chi connectivity index (χ0n) is 17.2. The maximum absolute atomic E-state index is 11.8. The van der Waals surface area contributed by atoms with Crippen molar-refractivity contribution < 1.29 is 29.3 Å². The number of hydrogen-bond acceptors (Lipinski definition) is 8. The second-order valence-corrected chi connectivity index (χ2v) is 6.30. The van der Waals surface area contributed by atoms with E-state index >= 15 is 0 Å². The summed E-state index contributed by atoms with van der Waals surface area (Å²) in [6.45, 7) is 0. The first kappa shape index (κ1) is 23.2. The van der Waals surface area contributed by atoms with E-state index in [4.69, 9.17) is 9.47 Å². The average Bonchev–Trinajstić information content (AvgIpc) is 2.74. The van der Waals surface area contributed by atoms with Crippen LogP contribution in [0.2, 0.25) is 0 Å². The summed E-state index contributed by atoms with van der Waals surface area (Å²) in [5.41, 5.74) is 5.88. The van der Waals surface area contributed by atoms with Crippen molar-refractivity contribution >= 4 is 24.2 Å². The number of benzene rings is 2. The van der Waals surface area contributed by atoms with E-state index in [1.54, 1.807) is 24.3 Å². The maximum Gasteiger partial charge on any atom is 0.240 e. The van der Waals surface area contributed by atoms with E-state index in [0.29, 0.717) is 29.0 Å². The molecule has 0 heterocycles. The third-order valence-electron chi connectivity index (χ3n) is 4.02. The molecule has 0 aliphatic heterocycles. The Kier molecular flexibility index (Phi) is 8.84. The number of aromatic hydroxyl groups is 2. The van der Waals surface area contributed by atoms with Gasteiger partial charge in [0.25, 0.3) is 0 Å². The lowest BCUT2D eigenvalue weighted by Crippen LogP contribution is -2.20. The van der Waals surface area contributed by atoms with Gasteiger partial charge < -0.3 is 19.7 Å². The standard InChI is InChI=1S/C21H24N4O6/c1-30-18-8-6-14(10-16(18)26)12-22-24-20(28)4-3-5-21(29)25-23-13-15-7-9-19(31-2)17(27)11-15/h6-13,26-27H,3-5H2,1-2H3,(H,24,28)(H,25,29)/b22-12+,23-13?. The SMILES string of the molecule is COc1ccc(C=NNC(=O)CCCC(=O)N/N=C/c2ccc(OC)c(O)c2)cc1O. The number of nitrogens with zero attached hydrogens (tertiary/aromatic N) is 2. The van der Waals surface area contributed by atoms with Crippen LogP contribution >= 0.6 is 0 Å². The molecule has 0 spiro atoms. The van der Waals surface area contributed by atoms with Crippen molar-refractivity contribution in [2.75, 3.05) is 14.2 Å². The quantitative estimate of drug-likeness (QED) is 0.336. The second-order valence-electron chi connectivity index (χ2n) is 6.30. The number of carbonyl (C=O) groups is 2.